The summed E-state index contributed by atoms with van der Waals surface area (Å²) < 4.78 is 14.3. The van der Waals surface area contributed by atoms with E-state index in [0.717, 1.165) is 22.3 Å². The smallest absolute Gasteiger partial charge is 0.248 e. The topological polar surface area (TPSA) is 51.2 Å². The zero-order chi connectivity index (χ0) is 20.5. The molecule has 3 rings (SSSR count). The van der Waals surface area contributed by atoms with E-state index in [1.54, 1.807) is 82.3 Å². The molecule has 0 aromatic heterocycles. The molecule has 3 nitrogen and oxygen atoms in total. The molecule has 28 heavy (non-hydrogen) atoms. The van der Waals surface area contributed by atoms with E-state index in [0.29, 0.717) is 11.1 Å². The summed E-state index contributed by atoms with van der Waals surface area (Å²) in [6.45, 7) is 7.22. The fourth-order valence-electron chi connectivity index (χ4n) is 3.58. The summed E-state index contributed by atoms with van der Waals surface area (Å²) in [5, 5.41) is 0.273. The van der Waals surface area contributed by atoms with Gasteiger partial charge in [0.2, 0.25) is 18.2 Å². The highest BCUT2D eigenvalue weighted by Gasteiger charge is 2.44. The second kappa shape index (κ2) is 7.69. The van der Waals surface area contributed by atoms with Gasteiger partial charge < -0.3 is 4.57 Å². The Labute approximate surface area is 165 Å². The molecule has 0 unspecified atom stereocenters. The number of rotatable bonds is 5. The van der Waals surface area contributed by atoms with Crippen molar-refractivity contribution in [3.05, 3.63) is 100 Å². The number of aryl methyl sites for hydroxylation is 4. The Kier molecular flexibility index (Phi) is 5.49. The lowest BCUT2D eigenvalue weighted by Gasteiger charge is -2.20. The van der Waals surface area contributed by atoms with Gasteiger partial charge in [-0.2, -0.15) is 0 Å². The first-order valence-corrected chi connectivity index (χ1v) is 10.9. The molecule has 0 atom stereocenters. The summed E-state index contributed by atoms with van der Waals surface area (Å²) in [5.41, 5.74) is 2.42. The van der Waals surface area contributed by atoms with Crippen LogP contribution >= 0.6 is 7.14 Å². The molecule has 0 spiro atoms. The van der Waals surface area contributed by atoms with E-state index in [1.807, 2.05) is 12.1 Å². The van der Waals surface area contributed by atoms with Gasteiger partial charge in [0, 0.05) is 16.4 Å². The van der Waals surface area contributed by atoms with Gasteiger partial charge in [-0.05, 0) is 49.9 Å². The molecule has 4 heteroatoms. The highest BCUT2D eigenvalue weighted by Crippen LogP contribution is 2.52. The molecule has 0 fully saturated rings. The van der Waals surface area contributed by atoms with Crippen LogP contribution in [0.5, 0.6) is 0 Å². The fourth-order valence-corrected chi connectivity index (χ4v) is 6.16. The van der Waals surface area contributed by atoms with Gasteiger partial charge in [0.25, 0.3) is 0 Å². The average Bonchev–Trinajstić information content (AvgIpc) is 2.67. The molecule has 142 valence electrons. The SMILES string of the molecule is Cc1cccc(C)c1C(=O)P(=O)(C(=O)c1c(C)cccc1C)c1ccccc1. The summed E-state index contributed by atoms with van der Waals surface area (Å²) in [6, 6.07) is 19.3. The Balaban J connectivity index is 2.31. The summed E-state index contributed by atoms with van der Waals surface area (Å²) in [6.07, 6.45) is 0. The maximum absolute atomic E-state index is 14.3. The van der Waals surface area contributed by atoms with Gasteiger partial charge in [0.15, 0.2) is 0 Å². The minimum absolute atomic E-state index is 0.273. The summed E-state index contributed by atoms with van der Waals surface area (Å²) in [5.74, 6) is 0. The van der Waals surface area contributed by atoms with E-state index in [2.05, 4.69) is 0 Å². The van der Waals surface area contributed by atoms with Gasteiger partial charge >= 0.3 is 0 Å². The van der Waals surface area contributed by atoms with Crippen molar-refractivity contribution in [2.45, 2.75) is 27.7 Å². The Morgan fingerprint density at radius 3 is 1.29 bits per heavy atom. The maximum Gasteiger partial charge on any atom is 0.248 e. The lowest BCUT2D eigenvalue weighted by molar-refractivity contribution is 0.104. The lowest BCUT2D eigenvalue weighted by Crippen LogP contribution is -2.22. The van der Waals surface area contributed by atoms with Crippen molar-refractivity contribution < 1.29 is 14.2 Å². The molecule has 0 amide bonds. The van der Waals surface area contributed by atoms with Crippen molar-refractivity contribution in [3.8, 4) is 0 Å². The molecule has 0 bridgehead atoms. The molecule has 0 aliphatic heterocycles. The second-order valence-electron chi connectivity index (χ2n) is 7.09. The summed E-state index contributed by atoms with van der Waals surface area (Å²) in [7, 11) is -4.08. The first kappa shape index (κ1) is 20.0. The maximum atomic E-state index is 14.3. The molecule has 3 aromatic rings. The molecule has 0 heterocycles. The van der Waals surface area contributed by atoms with Crippen molar-refractivity contribution in [1.29, 1.82) is 0 Å². The predicted octanol–water partition coefficient (Wildman–Crippen LogP) is 5.59. The molecular formula is C24H23O3P. The van der Waals surface area contributed by atoms with Crippen molar-refractivity contribution in [3.63, 3.8) is 0 Å². The van der Waals surface area contributed by atoms with Crippen LogP contribution in [0.4, 0.5) is 0 Å². The highest BCUT2D eigenvalue weighted by molar-refractivity contribution is 8.01. The van der Waals surface area contributed by atoms with E-state index >= 15 is 0 Å². The normalized spacial score (nSPS) is 11.3. The zero-order valence-electron chi connectivity index (χ0n) is 16.5. The standard InChI is InChI=1S/C24H23O3P/c1-16-10-8-11-17(2)21(16)23(25)28(27,20-14-6-5-7-15-20)24(26)22-18(3)12-9-13-19(22)4/h5-15H,1-4H3. The number of carbonyl (C=O) groups excluding carboxylic acids is 2. The Hall–Kier alpha value is -2.77. The molecule has 0 aliphatic carbocycles. The average molecular weight is 390 g/mol. The third kappa shape index (κ3) is 3.27. The number of hydrogen-bond acceptors (Lipinski definition) is 3. The second-order valence-corrected chi connectivity index (χ2v) is 9.64. The number of hydrogen-bond donors (Lipinski definition) is 0. The van der Waals surface area contributed by atoms with E-state index in [-0.39, 0.29) is 5.30 Å². The van der Waals surface area contributed by atoms with Gasteiger partial charge in [-0.3, -0.25) is 9.59 Å². The van der Waals surface area contributed by atoms with Crippen LogP contribution < -0.4 is 5.30 Å². The molecule has 0 aliphatic rings. The van der Waals surface area contributed by atoms with E-state index in [1.165, 1.54) is 0 Å². The highest BCUT2D eigenvalue weighted by atomic mass is 31.2. The van der Waals surface area contributed by atoms with Gasteiger partial charge in [-0.1, -0.05) is 66.7 Å². The lowest BCUT2D eigenvalue weighted by atomic mass is 10.0. The van der Waals surface area contributed by atoms with Gasteiger partial charge in [-0.25, -0.2) is 0 Å². The van der Waals surface area contributed by atoms with Crippen LogP contribution in [0.25, 0.3) is 0 Å². The minimum atomic E-state index is -4.08. The van der Waals surface area contributed by atoms with Crippen LogP contribution in [-0.4, -0.2) is 11.0 Å². The minimum Gasteiger partial charge on any atom is -0.302 e. The number of benzene rings is 3. The third-order valence-corrected chi connectivity index (χ3v) is 7.70. The molecule has 0 radical (unpaired) electrons. The zero-order valence-corrected chi connectivity index (χ0v) is 17.4. The number of carbonyl (C=O) groups is 2. The first-order valence-electron chi connectivity index (χ1n) is 9.16. The fraction of sp³-hybridized carbons (Fsp3) is 0.167. The quantitative estimate of drug-likeness (QED) is 0.534. The van der Waals surface area contributed by atoms with Crippen molar-refractivity contribution in [1.82, 2.24) is 0 Å². The first-order chi connectivity index (χ1) is 13.3. The largest absolute Gasteiger partial charge is 0.302 e. The van der Waals surface area contributed by atoms with Crippen molar-refractivity contribution in [2.24, 2.45) is 0 Å². The Morgan fingerprint density at radius 1 is 0.571 bits per heavy atom. The Morgan fingerprint density at radius 2 is 0.929 bits per heavy atom. The van der Waals surface area contributed by atoms with Crippen molar-refractivity contribution >= 4 is 23.5 Å². The van der Waals surface area contributed by atoms with E-state index < -0.39 is 18.2 Å². The van der Waals surface area contributed by atoms with Crippen LogP contribution in [0.1, 0.15) is 43.0 Å². The molecule has 0 N–H and O–H groups in total. The van der Waals surface area contributed by atoms with Crippen LogP contribution in [-0.2, 0) is 4.57 Å². The Bertz CT molecular complexity index is 1010. The van der Waals surface area contributed by atoms with Crippen LogP contribution in [0, 0.1) is 27.7 Å². The summed E-state index contributed by atoms with van der Waals surface area (Å²) in [4.78, 5) is 27.3. The predicted molar refractivity (Wildman–Crippen MR) is 114 cm³/mol. The van der Waals surface area contributed by atoms with Crippen LogP contribution in [0.15, 0.2) is 66.7 Å². The van der Waals surface area contributed by atoms with Crippen molar-refractivity contribution in [2.75, 3.05) is 0 Å². The molecule has 0 saturated carbocycles. The molecular weight excluding hydrogens is 367 g/mol. The van der Waals surface area contributed by atoms with Crippen LogP contribution in [0.2, 0.25) is 0 Å². The van der Waals surface area contributed by atoms with E-state index in [9.17, 15) is 14.2 Å². The third-order valence-electron chi connectivity index (χ3n) is 5.08. The van der Waals surface area contributed by atoms with Crippen LogP contribution in [0.3, 0.4) is 0 Å². The molecule has 3 aromatic carbocycles. The van der Waals surface area contributed by atoms with Gasteiger partial charge in [-0.15, -0.1) is 0 Å². The van der Waals surface area contributed by atoms with Gasteiger partial charge in [0.1, 0.15) is 0 Å². The van der Waals surface area contributed by atoms with Gasteiger partial charge in [0.05, 0.1) is 0 Å². The summed E-state index contributed by atoms with van der Waals surface area (Å²) >= 11 is 0. The van der Waals surface area contributed by atoms with E-state index in [4.69, 9.17) is 0 Å². The molecule has 0 saturated heterocycles. The monoisotopic (exact) mass is 390 g/mol.